The normalized spacial score (nSPS) is 12.2. The van der Waals surface area contributed by atoms with Gasteiger partial charge >= 0.3 is 0 Å². The van der Waals surface area contributed by atoms with Crippen LogP contribution in [-0.2, 0) is 6.54 Å². The third-order valence-corrected chi connectivity index (χ3v) is 2.86. The van der Waals surface area contributed by atoms with E-state index in [1.165, 1.54) is 18.4 Å². The highest BCUT2D eigenvalue weighted by Crippen LogP contribution is 2.12. The number of nitrogens with one attached hydrogen (secondary N) is 2. The van der Waals surface area contributed by atoms with E-state index < -0.39 is 0 Å². The second-order valence-electron chi connectivity index (χ2n) is 4.68. The highest BCUT2D eigenvalue weighted by Gasteiger charge is 2.06. The molecule has 0 saturated carbocycles. The molecule has 1 heterocycles. The van der Waals surface area contributed by atoms with E-state index in [0.717, 1.165) is 5.69 Å². The minimum absolute atomic E-state index is 0. The van der Waals surface area contributed by atoms with E-state index in [9.17, 15) is 4.39 Å². The molecule has 6 nitrogen and oxygen atoms in total. The van der Waals surface area contributed by atoms with E-state index in [1.54, 1.807) is 25.2 Å². The smallest absolute Gasteiger partial charge is 0.191 e. The predicted octanol–water partition coefficient (Wildman–Crippen LogP) is 2.56. The van der Waals surface area contributed by atoms with E-state index in [0.29, 0.717) is 24.8 Å². The number of nitrogens with zero attached hydrogens (tertiary/aromatic N) is 2. The monoisotopic (exact) mass is 434 g/mol. The Morgan fingerprint density at radius 3 is 2.65 bits per heavy atom. The highest BCUT2D eigenvalue weighted by molar-refractivity contribution is 14.0. The van der Waals surface area contributed by atoms with Crippen molar-refractivity contribution in [1.29, 1.82) is 0 Å². The van der Waals surface area contributed by atoms with Crippen LogP contribution in [0, 0.1) is 5.82 Å². The molecule has 1 aromatic heterocycles. The summed E-state index contributed by atoms with van der Waals surface area (Å²) in [4.78, 5) is 4.11. The molecule has 126 valence electrons. The van der Waals surface area contributed by atoms with Crippen LogP contribution in [-0.4, -0.2) is 30.8 Å². The van der Waals surface area contributed by atoms with E-state index in [2.05, 4.69) is 20.8 Å². The van der Waals surface area contributed by atoms with Crippen molar-refractivity contribution in [3.63, 3.8) is 0 Å². The third-order valence-electron chi connectivity index (χ3n) is 2.86. The molecule has 0 saturated heterocycles. The first-order valence-electron chi connectivity index (χ1n) is 6.93. The zero-order valence-electron chi connectivity index (χ0n) is 13.0. The van der Waals surface area contributed by atoms with Gasteiger partial charge in [-0.3, -0.25) is 4.99 Å². The Labute approximate surface area is 151 Å². The van der Waals surface area contributed by atoms with Gasteiger partial charge in [0.05, 0.1) is 13.1 Å². The number of hydrogen-bond donors (Lipinski definition) is 2. The Kier molecular flexibility index (Phi) is 8.38. The maximum Gasteiger partial charge on any atom is 0.191 e. The number of aromatic nitrogens is 1. The molecule has 0 bridgehead atoms. The molecule has 8 heteroatoms. The average molecular weight is 434 g/mol. The summed E-state index contributed by atoms with van der Waals surface area (Å²) in [7, 11) is 1.68. The molecule has 0 aliphatic heterocycles. The van der Waals surface area contributed by atoms with Gasteiger partial charge < -0.3 is 19.9 Å². The van der Waals surface area contributed by atoms with Gasteiger partial charge in [0.2, 0.25) is 0 Å². The SMILES string of the molecule is CN=C(NCc1ccon1)NCC(C)Oc1ccc(F)cc1.I. The zero-order chi connectivity index (χ0) is 15.8. The Balaban J connectivity index is 0.00000264. The predicted molar refractivity (Wildman–Crippen MR) is 96.6 cm³/mol. The van der Waals surface area contributed by atoms with Crippen molar-refractivity contribution in [2.24, 2.45) is 4.99 Å². The lowest BCUT2D eigenvalue weighted by Crippen LogP contribution is -2.41. The quantitative estimate of drug-likeness (QED) is 0.416. The van der Waals surface area contributed by atoms with Crippen molar-refractivity contribution in [2.75, 3.05) is 13.6 Å². The fourth-order valence-corrected chi connectivity index (χ4v) is 1.75. The summed E-state index contributed by atoms with van der Waals surface area (Å²) in [6, 6.07) is 7.72. The van der Waals surface area contributed by atoms with Crippen LogP contribution < -0.4 is 15.4 Å². The summed E-state index contributed by atoms with van der Waals surface area (Å²) in [6.07, 6.45) is 1.42. The molecule has 0 aliphatic carbocycles. The maximum absolute atomic E-state index is 12.8. The van der Waals surface area contributed by atoms with Gasteiger partial charge in [-0.1, -0.05) is 5.16 Å². The lowest BCUT2D eigenvalue weighted by Gasteiger charge is -2.17. The summed E-state index contributed by atoms with van der Waals surface area (Å²) < 4.78 is 23.3. The van der Waals surface area contributed by atoms with Crippen molar-refractivity contribution in [3.05, 3.63) is 48.1 Å². The van der Waals surface area contributed by atoms with Gasteiger partial charge in [0, 0.05) is 13.1 Å². The first kappa shape index (κ1) is 19.2. The molecule has 23 heavy (non-hydrogen) atoms. The van der Waals surface area contributed by atoms with Gasteiger partial charge in [-0.25, -0.2) is 4.39 Å². The van der Waals surface area contributed by atoms with E-state index in [1.807, 2.05) is 6.92 Å². The fourth-order valence-electron chi connectivity index (χ4n) is 1.75. The molecular formula is C15H20FIN4O2. The Bertz CT molecular complexity index is 590. The number of ether oxygens (including phenoxy) is 1. The maximum atomic E-state index is 12.8. The van der Waals surface area contributed by atoms with Crippen molar-refractivity contribution in [3.8, 4) is 5.75 Å². The van der Waals surface area contributed by atoms with Crippen molar-refractivity contribution in [1.82, 2.24) is 15.8 Å². The topological polar surface area (TPSA) is 71.7 Å². The molecule has 0 radical (unpaired) electrons. The molecule has 0 aliphatic rings. The molecular weight excluding hydrogens is 414 g/mol. The molecule has 0 spiro atoms. The number of hydrogen-bond acceptors (Lipinski definition) is 4. The minimum atomic E-state index is -0.282. The molecule has 0 fully saturated rings. The van der Waals surface area contributed by atoms with Gasteiger partial charge in [-0.2, -0.15) is 0 Å². The Morgan fingerprint density at radius 1 is 1.30 bits per heavy atom. The number of guanidine groups is 1. The molecule has 1 unspecified atom stereocenters. The van der Waals surface area contributed by atoms with Gasteiger partial charge in [0.25, 0.3) is 0 Å². The molecule has 2 N–H and O–H groups in total. The van der Waals surface area contributed by atoms with Crippen molar-refractivity contribution in [2.45, 2.75) is 19.6 Å². The van der Waals surface area contributed by atoms with E-state index in [4.69, 9.17) is 9.26 Å². The van der Waals surface area contributed by atoms with E-state index in [-0.39, 0.29) is 35.9 Å². The second-order valence-corrected chi connectivity index (χ2v) is 4.68. The lowest BCUT2D eigenvalue weighted by molar-refractivity contribution is 0.223. The Morgan fingerprint density at radius 2 is 2.04 bits per heavy atom. The zero-order valence-corrected chi connectivity index (χ0v) is 15.3. The van der Waals surface area contributed by atoms with Crippen LogP contribution in [0.5, 0.6) is 5.75 Å². The number of aliphatic imine (C=N–C) groups is 1. The molecule has 1 aromatic carbocycles. The minimum Gasteiger partial charge on any atom is -0.489 e. The van der Waals surface area contributed by atoms with Crippen molar-refractivity contribution < 1.29 is 13.7 Å². The fraction of sp³-hybridized carbons (Fsp3) is 0.333. The van der Waals surface area contributed by atoms with Crippen LogP contribution >= 0.6 is 24.0 Å². The van der Waals surface area contributed by atoms with Crippen LogP contribution in [0.1, 0.15) is 12.6 Å². The van der Waals surface area contributed by atoms with Crippen LogP contribution in [0.2, 0.25) is 0 Å². The number of halogens is 2. The summed E-state index contributed by atoms with van der Waals surface area (Å²) >= 11 is 0. The van der Waals surface area contributed by atoms with Crippen LogP contribution in [0.15, 0.2) is 46.1 Å². The van der Waals surface area contributed by atoms with Gasteiger partial charge in [-0.05, 0) is 31.2 Å². The molecule has 2 aromatic rings. The lowest BCUT2D eigenvalue weighted by atomic mass is 10.3. The molecule has 1 atom stereocenters. The van der Waals surface area contributed by atoms with Gasteiger partial charge in [0.1, 0.15) is 29.6 Å². The Hall–Kier alpha value is -1.84. The van der Waals surface area contributed by atoms with Crippen LogP contribution in [0.25, 0.3) is 0 Å². The third kappa shape index (κ3) is 6.85. The number of benzene rings is 1. The van der Waals surface area contributed by atoms with Crippen LogP contribution in [0.4, 0.5) is 4.39 Å². The van der Waals surface area contributed by atoms with Crippen molar-refractivity contribution >= 4 is 29.9 Å². The largest absolute Gasteiger partial charge is 0.489 e. The molecule has 2 rings (SSSR count). The van der Waals surface area contributed by atoms with E-state index >= 15 is 0 Å². The highest BCUT2D eigenvalue weighted by atomic mass is 127. The summed E-state index contributed by atoms with van der Waals surface area (Å²) in [6.45, 7) is 2.99. The first-order valence-corrected chi connectivity index (χ1v) is 6.93. The summed E-state index contributed by atoms with van der Waals surface area (Å²) in [5.74, 6) is 0.981. The van der Waals surface area contributed by atoms with Gasteiger partial charge in [-0.15, -0.1) is 24.0 Å². The summed E-state index contributed by atoms with van der Waals surface area (Å²) in [5.41, 5.74) is 0.790. The van der Waals surface area contributed by atoms with Gasteiger partial charge in [0.15, 0.2) is 5.96 Å². The first-order chi connectivity index (χ1) is 10.7. The van der Waals surface area contributed by atoms with Crippen LogP contribution in [0.3, 0.4) is 0 Å². The summed E-state index contributed by atoms with van der Waals surface area (Å²) in [5, 5.41) is 10.1. The number of rotatable bonds is 6. The second kappa shape index (κ2) is 10.0. The molecule has 0 amide bonds. The average Bonchev–Trinajstić information content (AvgIpc) is 3.03. The standard InChI is InChI=1S/C15H19FN4O2.HI/c1-11(22-14-5-3-12(16)4-6-14)9-18-15(17-2)19-10-13-7-8-21-20-13;/h3-8,11H,9-10H2,1-2H3,(H2,17,18,19);1H.